The zero-order valence-corrected chi connectivity index (χ0v) is 13.6. The van der Waals surface area contributed by atoms with Crippen molar-refractivity contribution < 1.29 is 19.3 Å². The molecular weight excluding hydrogens is 310 g/mol. The molecule has 0 radical (unpaired) electrons. The Morgan fingerprint density at radius 1 is 0.917 bits per heavy atom. The first-order chi connectivity index (χ1) is 11.6. The Morgan fingerprint density at radius 2 is 1.62 bits per heavy atom. The lowest BCUT2D eigenvalue weighted by atomic mass is 10.1. The molecule has 0 saturated heterocycles. The maximum atomic E-state index is 9.90. The monoisotopic (exact) mass is 327 g/mol. The Bertz CT molecular complexity index is 839. The van der Waals surface area contributed by atoms with Gasteiger partial charge in [-0.1, -0.05) is 5.21 Å². The number of ether oxygens (including phenoxy) is 3. The van der Waals surface area contributed by atoms with Crippen LogP contribution in [0.15, 0.2) is 42.6 Å². The van der Waals surface area contributed by atoms with Gasteiger partial charge in [0.05, 0.1) is 33.2 Å². The van der Waals surface area contributed by atoms with Crippen molar-refractivity contribution in [1.82, 2.24) is 15.0 Å². The molecule has 1 aromatic heterocycles. The quantitative estimate of drug-likeness (QED) is 0.776. The van der Waals surface area contributed by atoms with E-state index in [0.29, 0.717) is 22.9 Å². The van der Waals surface area contributed by atoms with Crippen molar-refractivity contribution in [3.05, 3.63) is 42.6 Å². The normalized spacial score (nSPS) is 10.5. The highest BCUT2D eigenvalue weighted by atomic mass is 16.5. The number of benzene rings is 2. The molecule has 0 atom stereocenters. The van der Waals surface area contributed by atoms with Gasteiger partial charge in [0.1, 0.15) is 17.2 Å². The standard InChI is InChI=1S/C17H17N3O4/c1-22-13-7-12(8-14(9-13)23-2)20-10-15(18-19-20)11-4-5-17(24-3)16(21)6-11/h4-10,21H,1-3H3. The fraction of sp³-hybridized carbons (Fsp3) is 0.176. The van der Waals surface area contributed by atoms with Gasteiger partial charge in [0, 0.05) is 23.8 Å². The fourth-order valence-electron chi connectivity index (χ4n) is 2.30. The van der Waals surface area contributed by atoms with Crippen molar-refractivity contribution in [2.75, 3.05) is 21.3 Å². The second-order valence-electron chi connectivity index (χ2n) is 5.01. The minimum atomic E-state index is 0.0487. The number of hydrogen-bond acceptors (Lipinski definition) is 6. The van der Waals surface area contributed by atoms with Gasteiger partial charge in [0.2, 0.25) is 0 Å². The van der Waals surface area contributed by atoms with Gasteiger partial charge in [-0.25, -0.2) is 4.68 Å². The Kier molecular flexibility index (Phi) is 4.24. The Morgan fingerprint density at radius 3 is 2.21 bits per heavy atom. The van der Waals surface area contributed by atoms with E-state index in [-0.39, 0.29) is 5.75 Å². The number of phenols is 1. The van der Waals surface area contributed by atoms with E-state index in [0.717, 1.165) is 11.3 Å². The summed E-state index contributed by atoms with van der Waals surface area (Å²) in [6, 6.07) is 10.5. The van der Waals surface area contributed by atoms with Crippen molar-refractivity contribution in [3.63, 3.8) is 0 Å². The number of rotatable bonds is 5. The maximum absolute atomic E-state index is 9.90. The highest BCUT2D eigenvalue weighted by Gasteiger charge is 2.10. The maximum Gasteiger partial charge on any atom is 0.160 e. The molecule has 0 aliphatic carbocycles. The number of aromatic nitrogens is 3. The van der Waals surface area contributed by atoms with Crippen LogP contribution >= 0.6 is 0 Å². The van der Waals surface area contributed by atoms with E-state index in [1.54, 1.807) is 49.4 Å². The molecular formula is C17H17N3O4. The van der Waals surface area contributed by atoms with Gasteiger partial charge in [0.15, 0.2) is 11.5 Å². The highest BCUT2D eigenvalue weighted by molar-refractivity contribution is 5.63. The summed E-state index contributed by atoms with van der Waals surface area (Å²) in [6.45, 7) is 0. The molecule has 0 bridgehead atoms. The van der Waals surface area contributed by atoms with E-state index in [9.17, 15) is 5.11 Å². The van der Waals surface area contributed by atoms with Crippen LogP contribution in [0.3, 0.4) is 0 Å². The van der Waals surface area contributed by atoms with E-state index in [1.165, 1.54) is 7.11 Å². The summed E-state index contributed by atoms with van der Waals surface area (Å²) in [7, 11) is 4.68. The van der Waals surface area contributed by atoms with E-state index in [4.69, 9.17) is 14.2 Å². The lowest BCUT2D eigenvalue weighted by Gasteiger charge is -2.07. The predicted molar refractivity (Wildman–Crippen MR) is 88.1 cm³/mol. The minimum Gasteiger partial charge on any atom is -0.504 e. The van der Waals surface area contributed by atoms with E-state index in [1.807, 2.05) is 12.1 Å². The van der Waals surface area contributed by atoms with Gasteiger partial charge < -0.3 is 19.3 Å². The number of hydrogen-bond donors (Lipinski definition) is 1. The molecule has 7 heteroatoms. The van der Waals surface area contributed by atoms with Gasteiger partial charge in [-0.3, -0.25) is 0 Å². The van der Waals surface area contributed by atoms with Crippen LogP contribution in [-0.4, -0.2) is 41.4 Å². The molecule has 24 heavy (non-hydrogen) atoms. The van der Waals surface area contributed by atoms with Crippen molar-refractivity contribution in [2.45, 2.75) is 0 Å². The third-order valence-electron chi connectivity index (χ3n) is 3.57. The number of phenolic OH excluding ortho intramolecular Hbond substituents is 1. The van der Waals surface area contributed by atoms with E-state index in [2.05, 4.69) is 10.3 Å². The first kappa shape index (κ1) is 15.7. The molecule has 0 unspecified atom stereocenters. The van der Waals surface area contributed by atoms with Crippen LogP contribution in [0.1, 0.15) is 0 Å². The molecule has 7 nitrogen and oxygen atoms in total. The van der Waals surface area contributed by atoms with Gasteiger partial charge in [-0.05, 0) is 18.2 Å². The zero-order valence-electron chi connectivity index (χ0n) is 13.6. The van der Waals surface area contributed by atoms with Crippen molar-refractivity contribution in [2.24, 2.45) is 0 Å². The van der Waals surface area contributed by atoms with E-state index >= 15 is 0 Å². The summed E-state index contributed by atoms with van der Waals surface area (Å²) < 4.78 is 17.2. The molecule has 2 aromatic carbocycles. The molecule has 0 saturated carbocycles. The van der Waals surface area contributed by atoms with Gasteiger partial charge in [0.25, 0.3) is 0 Å². The van der Waals surface area contributed by atoms with Crippen LogP contribution in [0.4, 0.5) is 0 Å². The van der Waals surface area contributed by atoms with Crippen LogP contribution < -0.4 is 14.2 Å². The molecule has 0 amide bonds. The number of methoxy groups -OCH3 is 3. The summed E-state index contributed by atoms with van der Waals surface area (Å²) in [6.07, 6.45) is 1.76. The number of aromatic hydroxyl groups is 1. The Hall–Kier alpha value is -3.22. The summed E-state index contributed by atoms with van der Waals surface area (Å²) in [5, 5.41) is 18.2. The summed E-state index contributed by atoms with van der Waals surface area (Å²) in [4.78, 5) is 0. The summed E-state index contributed by atoms with van der Waals surface area (Å²) >= 11 is 0. The second kappa shape index (κ2) is 6.49. The molecule has 1 N–H and O–H groups in total. The van der Waals surface area contributed by atoms with Crippen molar-refractivity contribution in [1.29, 1.82) is 0 Å². The smallest absolute Gasteiger partial charge is 0.160 e. The Labute approximate surface area is 139 Å². The molecule has 0 aliphatic heterocycles. The van der Waals surface area contributed by atoms with Crippen molar-refractivity contribution in [3.8, 4) is 39.9 Å². The predicted octanol–water partition coefficient (Wildman–Crippen LogP) is 2.67. The average molecular weight is 327 g/mol. The van der Waals surface area contributed by atoms with Crippen LogP contribution in [0.2, 0.25) is 0 Å². The lowest BCUT2D eigenvalue weighted by Crippen LogP contribution is -1.97. The second-order valence-corrected chi connectivity index (χ2v) is 5.01. The topological polar surface area (TPSA) is 78.6 Å². The van der Waals surface area contributed by atoms with Crippen LogP contribution in [0.5, 0.6) is 23.0 Å². The zero-order chi connectivity index (χ0) is 17.1. The summed E-state index contributed by atoms with van der Waals surface area (Å²) in [5.74, 6) is 1.77. The lowest BCUT2D eigenvalue weighted by molar-refractivity contribution is 0.373. The van der Waals surface area contributed by atoms with Crippen LogP contribution in [-0.2, 0) is 0 Å². The van der Waals surface area contributed by atoms with E-state index < -0.39 is 0 Å². The SMILES string of the molecule is COc1cc(OC)cc(-n2cc(-c3ccc(OC)c(O)c3)nn2)c1. The largest absolute Gasteiger partial charge is 0.504 e. The van der Waals surface area contributed by atoms with Gasteiger partial charge in [-0.15, -0.1) is 5.10 Å². The first-order valence-electron chi connectivity index (χ1n) is 7.17. The van der Waals surface area contributed by atoms with Crippen LogP contribution in [0, 0.1) is 0 Å². The first-order valence-corrected chi connectivity index (χ1v) is 7.17. The van der Waals surface area contributed by atoms with Crippen molar-refractivity contribution >= 4 is 0 Å². The third-order valence-corrected chi connectivity index (χ3v) is 3.57. The average Bonchev–Trinajstić information content (AvgIpc) is 3.11. The molecule has 3 aromatic rings. The number of nitrogens with zero attached hydrogens (tertiary/aromatic N) is 3. The summed E-state index contributed by atoms with van der Waals surface area (Å²) in [5.41, 5.74) is 2.10. The molecule has 0 fully saturated rings. The molecule has 0 spiro atoms. The van der Waals surface area contributed by atoms with Gasteiger partial charge in [-0.2, -0.15) is 0 Å². The van der Waals surface area contributed by atoms with Gasteiger partial charge >= 0.3 is 0 Å². The fourth-order valence-corrected chi connectivity index (χ4v) is 2.30. The molecule has 124 valence electrons. The highest BCUT2D eigenvalue weighted by Crippen LogP contribution is 2.31. The minimum absolute atomic E-state index is 0.0487. The molecule has 1 heterocycles. The molecule has 3 rings (SSSR count). The molecule has 0 aliphatic rings. The van der Waals surface area contributed by atoms with Crippen LogP contribution in [0.25, 0.3) is 16.9 Å². The Balaban J connectivity index is 1.97. The third kappa shape index (κ3) is 2.96.